The Hall–Kier alpha value is -2.69. The summed E-state index contributed by atoms with van der Waals surface area (Å²) in [4.78, 5) is 30.5. The minimum Gasteiger partial charge on any atom is -0.319 e. The number of imide groups is 1. The highest BCUT2D eigenvalue weighted by Crippen LogP contribution is 2.30. The molecule has 0 aliphatic carbocycles. The Morgan fingerprint density at radius 3 is 2.65 bits per heavy atom. The van der Waals surface area contributed by atoms with E-state index in [1.54, 1.807) is 19.3 Å². The lowest BCUT2D eigenvalue weighted by atomic mass is 9.88. The third kappa shape index (κ3) is 2.70. The van der Waals surface area contributed by atoms with Gasteiger partial charge in [-0.1, -0.05) is 30.3 Å². The molecule has 5 heteroatoms. The number of aromatic nitrogens is 1. The number of nitrogens with one attached hydrogen (secondary N) is 1. The number of hydrogen-bond acceptors (Lipinski definition) is 3. The summed E-state index contributed by atoms with van der Waals surface area (Å²) >= 11 is 0. The topological polar surface area (TPSA) is 62.3 Å². The molecule has 0 saturated carbocycles. The molecule has 0 bridgehead atoms. The van der Waals surface area contributed by atoms with Crippen molar-refractivity contribution in [3.63, 3.8) is 0 Å². The van der Waals surface area contributed by atoms with Crippen LogP contribution in [0.5, 0.6) is 0 Å². The van der Waals surface area contributed by atoms with Crippen LogP contribution in [-0.4, -0.2) is 28.4 Å². The van der Waals surface area contributed by atoms with Gasteiger partial charge in [0.25, 0.3) is 5.91 Å². The van der Waals surface area contributed by atoms with Gasteiger partial charge in [-0.25, -0.2) is 4.79 Å². The fraction of sp³-hybridized carbons (Fsp3) is 0.278. The van der Waals surface area contributed by atoms with Gasteiger partial charge in [-0.05, 0) is 43.0 Å². The standard InChI is InChI=1S/C18H19N3O2/c1-13-6-3-4-8-15(13)18(2)16(22)21(17(23)20-18)11-9-14-7-5-10-19-12-14/h3-8,10,12H,9,11H2,1-2H3,(H,20,23)/t18-/m1/s1. The molecule has 0 unspecified atom stereocenters. The van der Waals surface area contributed by atoms with E-state index in [4.69, 9.17) is 0 Å². The van der Waals surface area contributed by atoms with Gasteiger partial charge in [-0.2, -0.15) is 0 Å². The van der Waals surface area contributed by atoms with Crippen LogP contribution in [0, 0.1) is 6.92 Å². The monoisotopic (exact) mass is 309 g/mol. The van der Waals surface area contributed by atoms with Crippen molar-refractivity contribution in [2.24, 2.45) is 0 Å². The van der Waals surface area contributed by atoms with E-state index in [0.29, 0.717) is 13.0 Å². The van der Waals surface area contributed by atoms with Gasteiger partial charge in [0.1, 0.15) is 5.54 Å². The van der Waals surface area contributed by atoms with E-state index < -0.39 is 5.54 Å². The van der Waals surface area contributed by atoms with Gasteiger partial charge < -0.3 is 5.32 Å². The molecule has 1 aliphatic rings. The molecular formula is C18H19N3O2. The maximum absolute atomic E-state index is 12.8. The first kappa shape index (κ1) is 15.2. The third-order valence-electron chi connectivity index (χ3n) is 4.31. The number of carbonyl (C=O) groups is 2. The number of aryl methyl sites for hydroxylation is 1. The van der Waals surface area contributed by atoms with Crippen molar-refractivity contribution < 1.29 is 9.59 Å². The molecule has 0 radical (unpaired) electrons. The molecule has 3 amide bonds. The predicted molar refractivity (Wildman–Crippen MR) is 86.7 cm³/mol. The molecule has 1 N–H and O–H groups in total. The maximum atomic E-state index is 12.8. The van der Waals surface area contributed by atoms with Crippen LogP contribution in [0.1, 0.15) is 23.6 Å². The Kier molecular flexibility index (Phi) is 3.86. The highest BCUT2D eigenvalue weighted by Gasteiger charge is 2.49. The Morgan fingerprint density at radius 1 is 1.17 bits per heavy atom. The number of pyridine rings is 1. The van der Waals surface area contributed by atoms with Crippen molar-refractivity contribution in [1.29, 1.82) is 0 Å². The van der Waals surface area contributed by atoms with Crippen molar-refractivity contribution >= 4 is 11.9 Å². The van der Waals surface area contributed by atoms with Crippen LogP contribution in [0.25, 0.3) is 0 Å². The van der Waals surface area contributed by atoms with E-state index in [-0.39, 0.29) is 11.9 Å². The lowest BCUT2D eigenvalue weighted by molar-refractivity contribution is -0.131. The largest absolute Gasteiger partial charge is 0.325 e. The number of benzene rings is 1. The van der Waals surface area contributed by atoms with E-state index in [1.165, 1.54) is 4.90 Å². The molecule has 3 rings (SSSR count). The van der Waals surface area contributed by atoms with Crippen molar-refractivity contribution in [3.05, 3.63) is 65.5 Å². The molecule has 1 saturated heterocycles. The molecule has 1 aromatic carbocycles. The van der Waals surface area contributed by atoms with Crippen molar-refractivity contribution in [3.8, 4) is 0 Å². The van der Waals surface area contributed by atoms with Gasteiger partial charge in [-0.15, -0.1) is 0 Å². The minimum atomic E-state index is -1.00. The Labute approximate surface area is 135 Å². The molecule has 1 atom stereocenters. The summed E-state index contributed by atoms with van der Waals surface area (Å²) in [5, 5.41) is 2.85. The molecule has 2 aromatic rings. The lowest BCUT2D eigenvalue weighted by Crippen LogP contribution is -2.41. The van der Waals surface area contributed by atoms with E-state index in [2.05, 4.69) is 10.3 Å². The smallest absolute Gasteiger partial charge is 0.319 e. The number of carbonyl (C=O) groups excluding carboxylic acids is 2. The van der Waals surface area contributed by atoms with Gasteiger partial charge in [0.15, 0.2) is 0 Å². The summed E-state index contributed by atoms with van der Waals surface area (Å²) in [6.45, 7) is 4.05. The molecule has 118 valence electrons. The summed E-state index contributed by atoms with van der Waals surface area (Å²) in [6, 6.07) is 11.1. The van der Waals surface area contributed by atoms with Crippen molar-refractivity contribution in [1.82, 2.24) is 15.2 Å². The Bertz CT molecular complexity index is 745. The second-order valence-corrected chi connectivity index (χ2v) is 5.94. The van der Waals surface area contributed by atoms with Crippen molar-refractivity contribution in [2.75, 3.05) is 6.54 Å². The number of amides is 3. The zero-order valence-electron chi connectivity index (χ0n) is 13.2. The first-order valence-corrected chi connectivity index (χ1v) is 7.61. The predicted octanol–water partition coefficient (Wildman–Crippen LogP) is 2.40. The zero-order chi connectivity index (χ0) is 16.4. The Balaban J connectivity index is 1.81. The fourth-order valence-corrected chi connectivity index (χ4v) is 3.00. The normalized spacial score (nSPS) is 20.7. The van der Waals surface area contributed by atoms with Gasteiger partial charge >= 0.3 is 6.03 Å². The Morgan fingerprint density at radius 2 is 1.96 bits per heavy atom. The quantitative estimate of drug-likeness (QED) is 0.882. The van der Waals surface area contributed by atoms with E-state index in [1.807, 2.05) is 43.3 Å². The molecule has 23 heavy (non-hydrogen) atoms. The van der Waals surface area contributed by atoms with Gasteiger partial charge in [0, 0.05) is 18.9 Å². The molecule has 1 aliphatic heterocycles. The minimum absolute atomic E-state index is 0.208. The highest BCUT2D eigenvalue weighted by molar-refractivity contribution is 6.07. The first-order valence-electron chi connectivity index (χ1n) is 7.61. The summed E-state index contributed by atoms with van der Waals surface area (Å²) in [5.41, 5.74) is 1.81. The highest BCUT2D eigenvalue weighted by atomic mass is 16.2. The second kappa shape index (κ2) is 5.83. The molecule has 5 nitrogen and oxygen atoms in total. The average molecular weight is 309 g/mol. The summed E-state index contributed by atoms with van der Waals surface area (Å²) in [6.07, 6.45) is 4.04. The third-order valence-corrected chi connectivity index (χ3v) is 4.31. The number of rotatable bonds is 4. The second-order valence-electron chi connectivity index (χ2n) is 5.94. The van der Waals surface area contributed by atoms with Gasteiger partial charge in [0.2, 0.25) is 0 Å². The molecule has 1 aromatic heterocycles. The van der Waals surface area contributed by atoms with Crippen molar-refractivity contribution in [2.45, 2.75) is 25.8 Å². The zero-order valence-corrected chi connectivity index (χ0v) is 13.2. The summed E-state index contributed by atoms with van der Waals surface area (Å²) in [5.74, 6) is -0.208. The fourth-order valence-electron chi connectivity index (χ4n) is 3.00. The SMILES string of the molecule is Cc1ccccc1[C@@]1(C)NC(=O)N(CCc2cccnc2)C1=O. The van der Waals surface area contributed by atoms with Gasteiger partial charge in [-0.3, -0.25) is 14.7 Å². The van der Waals surface area contributed by atoms with E-state index in [0.717, 1.165) is 16.7 Å². The van der Waals surface area contributed by atoms with Crippen LogP contribution in [0.2, 0.25) is 0 Å². The molecule has 2 heterocycles. The van der Waals surface area contributed by atoms with E-state index in [9.17, 15) is 9.59 Å². The molecular weight excluding hydrogens is 290 g/mol. The summed E-state index contributed by atoms with van der Waals surface area (Å²) in [7, 11) is 0. The van der Waals surface area contributed by atoms with Crippen LogP contribution in [0.15, 0.2) is 48.8 Å². The summed E-state index contributed by atoms with van der Waals surface area (Å²) < 4.78 is 0. The maximum Gasteiger partial charge on any atom is 0.325 e. The van der Waals surface area contributed by atoms with Crippen LogP contribution < -0.4 is 5.32 Å². The molecule has 1 fully saturated rings. The van der Waals surface area contributed by atoms with Crippen LogP contribution in [0.3, 0.4) is 0 Å². The number of urea groups is 1. The first-order chi connectivity index (χ1) is 11.0. The van der Waals surface area contributed by atoms with Crippen LogP contribution >= 0.6 is 0 Å². The number of nitrogens with zero attached hydrogens (tertiary/aromatic N) is 2. The van der Waals surface area contributed by atoms with E-state index >= 15 is 0 Å². The van der Waals surface area contributed by atoms with Crippen LogP contribution in [-0.2, 0) is 16.8 Å². The number of hydrogen-bond donors (Lipinski definition) is 1. The lowest BCUT2D eigenvalue weighted by Gasteiger charge is -2.24. The average Bonchev–Trinajstić information content (AvgIpc) is 2.77. The molecule has 0 spiro atoms. The van der Waals surface area contributed by atoms with Crippen LogP contribution in [0.4, 0.5) is 4.79 Å². The van der Waals surface area contributed by atoms with Gasteiger partial charge in [0.05, 0.1) is 0 Å².